The highest BCUT2D eigenvalue weighted by Crippen LogP contribution is 2.32. The van der Waals surface area contributed by atoms with Crippen molar-refractivity contribution in [3.63, 3.8) is 0 Å². The number of piperazine rings is 1. The van der Waals surface area contributed by atoms with Crippen molar-refractivity contribution in [2.24, 2.45) is 0 Å². The molecule has 0 bridgehead atoms. The molecule has 2 unspecified atom stereocenters. The van der Waals surface area contributed by atoms with Crippen molar-refractivity contribution in [2.45, 2.75) is 30.0 Å². The third-order valence-electron chi connectivity index (χ3n) is 4.98. The third-order valence-corrected chi connectivity index (χ3v) is 6.57. The number of hydrogen-bond donors (Lipinski definition) is 1. The van der Waals surface area contributed by atoms with Crippen molar-refractivity contribution in [3.05, 3.63) is 60.2 Å². The largest absolute Gasteiger partial charge is 0.483 e. The fraction of sp³-hybridized carbons (Fsp3) is 0.318. The number of amides is 1. The molecule has 1 saturated heterocycles. The van der Waals surface area contributed by atoms with Crippen LogP contribution in [0.2, 0.25) is 0 Å². The molecular formula is C22H22F3N3O3S. The molecule has 3 rings (SSSR count). The number of carbonyl (C=O) groups is 1. The van der Waals surface area contributed by atoms with Crippen LogP contribution in [0.25, 0.3) is 0 Å². The molecule has 1 heterocycles. The van der Waals surface area contributed by atoms with Gasteiger partial charge < -0.3 is 14.5 Å². The van der Waals surface area contributed by atoms with Crippen LogP contribution >= 0.6 is 0 Å². The molecule has 0 radical (unpaired) electrons. The van der Waals surface area contributed by atoms with E-state index in [4.69, 9.17) is 9.52 Å². The first-order valence-corrected chi connectivity index (χ1v) is 11.3. The second-order valence-corrected chi connectivity index (χ2v) is 9.13. The van der Waals surface area contributed by atoms with E-state index in [0.29, 0.717) is 18.8 Å². The minimum absolute atomic E-state index is 0.150. The maximum atomic E-state index is 12.9. The molecule has 1 aliphatic heterocycles. The monoisotopic (exact) mass is 465 g/mol. The van der Waals surface area contributed by atoms with Gasteiger partial charge in [0.1, 0.15) is 12.6 Å². The molecule has 10 heteroatoms. The van der Waals surface area contributed by atoms with E-state index in [0.717, 1.165) is 17.7 Å². The Morgan fingerprint density at radius 1 is 1.16 bits per heavy atom. The number of ether oxygens (including phenoxy) is 1. The van der Waals surface area contributed by atoms with E-state index in [1.165, 1.54) is 12.1 Å². The molecule has 0 aliphatic carbocycles. The second-order valence-electron chi connectivity index (χ2n) is 7.09. The zero-order valence-electron chi connectivity index (χ0n) is 17.3. The first-order chi connectivity index (χ1) is 15.1. The topological polar surface area (TPSA) is 73.7 Å². The van der Waals surface area contributed by atoms with Gasteiger partial charge in [-0.2, -0.15) is 13.2 Å². The van der Waals surface area contributed by atoms with Gasteiger partial charge in [0.2, 0.25) is 0 Å². The van der Waals surface area contributed by atoms with Crippen LogP contribution in [0, 0.1) is 16.6 Å². The minimum Gasteiger partial charge on any atom is -0.445 e. The fourth-order valence-electron chi connectivity index (χ4n) is 3.32. The number of halogens is 3. The molecule has 0 aromatic heterocycles. The predicted octanol–water partition coefficient (Wildman–Crippen LogP) is 4.46. The molecule has 1 aliphatic rings. The number of hydrogen-bond acceptors (Lipinski definition) is 5. The van der Waals surface area contributed by atoms with E-state index >= 15 is 0 Å². The number of anilines is 1. The van der Waals surface area contributed by atoms with Gasteiger partial charge in [0.25, 0.3) is 0 Å². The molecule has 6 nitrogen and oxygen atoms in total. The zero-order chi connectivity index (χ0) is 23.4. The van der Waals surface area contributed by atoms with Crippen LogP contribution in [0.3, 0.4) is 0 Å². The first kappa shape index (κ1) is 23.5. The van der Waals surface area contributed by atoms with Crippen LogP contribution in [0.5, 0.6) is 0 Å². The number of alkyl halides is 3. The van der Waals surface area contributed by atoms with Gasteiger partial charge in [0.05, 0.1) is 11.4 Å². The van der Waals surface area contributed by atoms with Gasteiger partial charge in [-0.15, -0.1) is 5.92 Å². The zero-order valence-corrected chi connectivity index (χ0v) is 18.1. The second kappa shape index (κ2) is 9.53. The summed E-state index contributed by atoms with van der Waals surface area (Å²) < 4.78 is 63.1. The van der Waals surface area contributed by atoms with Crippen LogP contribution in [0.1, 0.15) is 12.5 Å². The molecule has 170 valence electrons. The van der Waals surface area contributed by atoms with Crippen molar-refractivity contribution < 1.29 is 26.9 Å². The summed E-state index contributed by atoms with van der Waals surface area (Å²) in [7, 11) is -4.91. The van der Waals surface area contributed by atoms with Crippen molar-refractivity contribution >= 4 is 21.5 Å². The highest BCUT2D eigenvalue weighted by molar-refractivity contribution is 7.93. The van der Waals surface area contributed by atoms with Crippen molar-refractivity contribution in [3.8, 4) is 11.8 Å². The molecule has 2 aromatic rings. The van der Waals surface area contributed by atoms with Gasteiger partial charge >= 0.3 is 11.6 Å². The van der Waals surface area contributed by atoms with Crippen LogP contribution < -0.4 is 4.90 Å². The Morgan fingerprint density at radius 2 is 1.81 bits per heavy atom. The summed E-state index contributed by atoms with van der Waals surface area (Å²) in [6, 6.07) is 13.8. The van der Waals surface area contributed by atoms with Crippen LogP contribution in [-0.4, -0.2) is 46.4 Å². The summed E-state index contributed by atoms with van der Waals surface area (Å²) in [5.74, 6) is 5.83. The van der Waals surface area contributed by atoms with Crippen molar-refractivity contribution in [1.29, 1.82) is 4.78 Å². The van der Waals surface area contributed by atoms with Crippen molar-refractivity contribution in [1.82, 2.24) is 4.90 Å². The Bertz CT molecular complexity index is 1110. The first-order valence-electron chi connectivity index (χ1n) is 9.73. The lowest BCUT2D eigenvalue weighted by molar-refractivity contribution is -0.0406. The third kappa shape index (κ3) is 5.16. The predicted molar refractivity (Wildman–Crippen MR) is 114 cm³/mol. The quantitative estimate of drug-likeness (QED) is 0.677. The molecular weight excluding hydrogens is 443 g/mol. The van der Waals surface area contributed by atoms with Gasteiger partial charge in [-0.25, -0.2) is 13.8 Å². The van der Waals surface area contributed by atoms with E-state index in [1.807, 2.05) is 35.2 Å². The Labute approximate surface area is 184 Å². The molecule has 32 heavy (non-hydrogen) atoms. The van der Waals surface area contributed by atoms with Crippen LogP contribution in [0.4, 0.5) is 23.7 Å². The maximum Gasteiger partial charge on any atom is 0.483 e. The maximum absolute atomic E-state index is 12.9. The molecule has 0 saturated carbocycles. The van der Waals surface area contributed by atoms with E-state index in [-0.39, 0.29) is 13.2 Å². The van der Waals surface area contributed by atoms with E-state index in [2.05, 4.69) is 11.8 Å². The van der Waals surface area contributed by atoms with Crippen LogP contribution in [0.15, 0.2) is 59.5 Å². The standard InChI is InChI=1S/C22H22F3N3O3S/c1-2-6-19-15-27(21(29)31-16-17-7-4-3-5-8-17)13-14-28(19)18-9-11-20(12-10-18)32(26,30)22(23,24)25/h3-5,7-12,19,26H,13-16H2,1H3. The molecule has 1 fully saturated rings. The highest BCUT2D eigenvalue weighted by Gasteiger charge is 2.43. The lowest BCUT2D eigenvalue weighted by atomic mass is 10.1. The molecule has 2 atom stereocenters. The van der Waals surface area contributed by atoms with Gasteiger partial charge in [0, 0.05) is 18.8 Å². The number of rotatable bonds is 4. The Kier molecular flexibility index (Phi) is 6.99. The summed E-state index contributed by atoms with van der Waals surface area (Å²) in [5, 5.41) is 0. The van der Waals surface area contributed by atoms with E-state index < -0.39 is 32.3 Å². The molecule has 2 aromatic carbocycles. The fourth-order valence-corrected chi connectivity index (χ4v) is 4.11. The van der Waals surface area contributed by atoms with E-state index in [9.17, 15) is 22.2 Å². The summed E-state index contributed by atoms with van der Waals surface area (Å²) >= 11 is 0. The van der Waals surface area contributed by atoms with Crippen molar-refractivity contribution in [2.75, 3.05) is 24.5 Å². The van der Waals surface area contributed by atoms with Gasteiger partial charge in [-0.1, -0.05) is 36.3 Å². The number of carbonyl (C=O) groups excluding carboxylic acids is 1. The Morgan fingerprint density at radius 3 is 2.41 bits per heavy atom. The minimum atomic E-state index is -5.14. The Balaban J connectivity index is 1.70. The van der Waals surface area contributed by atoms with Gasteiger partial charge in [-0.05, 0) is 36.8 Å². The SMILES string of the molecule is CC#CC1CN(C(=O)OCc2ccccc2)CCN1c1ccc(S(=N)(=O)C(F)(F)F)cc1. The average Bonchev–Trinajstić information content (AvgIpc) is 2.78. The molecule has 0 spiro atoms. The highest BCUT2D eigenvalue weighted by atomic mass is 32.2. The van der Waals surface area contributed by atoms with E-state index in [1.54, 1.807) is 11.8 Å². The lowest BCUT2D eigenvalue weighted by Gasteiger charge is -2.40. The lowest BCUT2D eigenvalue weighted by Crippen LogP contribution is -2.54. The number of nitrogens with zero attached hydrogens (tertiary/aromatic N) is 2. The molecule has 1 N–H and O–H groups in total. The summed E-state index contributed by atoms with van der Waals surface area (Å²) in [6.07, 6.45) is -0.467. The number of benzene rings is 2. The van der Waals surface area contributed by atoms with Crippen LogP contribution in [-0.2, 0) is 21.1 Å². The average molecular weight is 465 g/mol. The number of nitrogens with one attached hydrogen (secondary N) is 1. The normalized spacial score (nSPS) is 18.3. The smallest absolute Gasteiger partial charge is 0.445 e. The Hall–Kier alpha value is -3.19. The van der Waals surface area contributed by atoms with Gasteiger partial charge in [0.15, 0.2) is 9.73 Å². The van der Waals surface area contributed by atoms with Gasteiger partial charge in [-0.3, -0.25) is 0 Å². The summed E-state index contributed by atoms with van der Waals surface area (Å²) in [5.41, 5.74) is -3.71. The summed E-state index contributed by atoms with van der Waals surface area (Å²) in [6.45, 7) is 2.79. The summed E-state index contributed by atoms with van der Waals surface area (Å²) in [4.78, 5) is 15.3. The molecule has 1 amide bonds.